The first kappa shape index (κ1) is 23.9. The average Bonchev–Trinajstić information content (AvgIpc) is 3.46. The summed E-state index contributed by atoms with van der Waals surface area (Å²) in [6.45, 7) is 0. The van der Waals surface area contributed by atoms with Gasteiger partial charge < -0.3 is 0 Å². The van der Waals surface area contributed by atoms with Gasteiger partial charge >= 0.3 is 0 Å². The lowest BCUT2D eigenvalue weighted by molar-refractivity contribution is 1.72. The molecule has 0 aliphatic carbocycles. The second kappa shape index (κ2) is 8.57. The van der Waals surface area contributed by atoms with Crippen LogP contribution < -0.4 is 0 Å². The first-order valence-electron chi connectivity index (χ1n) is 15.6. The minimum Gasteiger partial charge on any atom is -0.135 e. The second-order valence-corrected chi connectivity index (χ2v) is 13.5. The van der Waals surface area contributed by atoms with E-state index in [1.165, 1.54) is 107 Å². The van der Waals surface area contributed by atoms with Gasteiger partial charge in [-0.25, -0.2) is 0 Å². The van der Waals surface area contributed by atoms with E-state index in [4.69, 9.17) is 0 Å². The third-order valence-corrected chi connectivity index (χ3v) is 11.3. The van der Waals surface area contributed by atoms with E-state index >= 15 is 0 Å². The van der Waals surface area contributed by atoms with Crippen molar-refractivity contribution in [3.8, 4) is 22.3 Å². The number of rotatable bonds is 2. The first-order valence-corrected chi connectivity index (χ1v) is 16.4. The van der Waals surface area contributed by atoms with Crippen LogP contribution in [0.15, 0.2) is 146 Å². The fourth-order valence-corrected chi connectivity index (χ4v) is 9.27. The monoisotopic (exact) mass is 584 g/mol. The fraction of sp³-hybridized carbons (Fsp3) is 0. The van der Waals surface area contributed by atoms with E-state index in [9.17, 15) is 0 Å². The lowest BCUT2D eigenvalue weighted by Crippen LogP contribution is -1.87. The molecule has 0 amide bonds. The molecular weight excluding hydrogens is 561 g/mol. The minimum absolute atomic E-state index is 1.28. The maximum Gasteiger partial charge on any atom is 0.0361 e. The van der Waals surface area contributed by atoms with Gasteiger partial charge in [0, 0.05) is 20.2 Å². The molecule has 0 aliphatic rings. The highest BCUT2D eigenvalue weighted by Crippen LogP contribution is 2.44. The second-order valence-electron chi connectivity index (χ2n) is 12.5. The van der Waals surface area contributed by atoms with Crippen LogP contribution in [0.1, 0.15) is 0 Å². The lowest BCUT2D eigenvalue weighted by Gasteiger charge is -2.14. The average molecular weight is 585 g/mol. The van der Waals surface area contributed by atoms with Gasteiger partial charge in [0.15, 0.2) is 0 Å². The maximum absolute atomic E-state index is 2.40. The summed E-state index contributed by atoms with van der Waals surface area (Å²) < 4.78 is 2.67. The lowest BCUT2D eigenvalue weighted by atomic mass is 9.89. The summed E-state index contributed by atoms with van der Waals surface area (Å²) in [5.74, 6) is 0. The number of thiophene rings is 1. The van der Waals surface area contributed by atoms with Crippen molar-refractivity contribution in [3.05, 3.63) is 146 Å². The molecule has 0 radical (unpaired) electrons. The van der Waals surface area contributed by atoms with Crippen molar-refractivity contribution in [1.82, 2.24) is 0 Å². The molecule has 11 aromatic rings. The molecule has 0 bridgehead atoms. The largest absolute Gasteiger partial charge is 0.135 e. The molecule has 10 aromatic carbocycles. The van der Waals surface area contributed by atoms with E-state index in [-0.39, 0.29) is 0 Å². The topological polar surface area (TPSA) is 0 Å². The van der Waals surface area contributed by atoms with Crippen molar-refractivity contribution < 1.29 is 0 Å². The van der Waals surface area contributed by atoms with Gasteiger partial charge in [-0.3, -0.25) is 0 Å². The van der Waals surface area contributed by atoms with Crippen molar-refractivity contribution in [1.29, 1.82) is 0 Å². The summed E-state index contributed by atoms with van der Waals surface area (Å²) in [5, 5.41) is 18.7. The molecule has 0 N–H and O–H groups in total. The van der Waals surface area contributed by atoms with Crippen LogP contribution in [0.3, 0.4) is 0 Å². The Balaban J connectivity index is 1.09. The van der Waals surface area contributed by atoms with Gasteiger partial charge in [-0.15, -0.1) is 11.3 Å². The predicted molar refractivity (Wildman–Crippen MR) is 198 cm³/mol. The highest BCUT2D eigenvalue weighted by molar-refractivity contribution is 7.25. The molecular formula is C44H24S. The third kappa shape index (κ3) is 3.21. The summed E-state index contributed by atoms with van der Waals surface area (Å²) in [6.07, 6.45) is 0. The number of benzene rings is 10. The molecule has 1 heterocycles. The molecule has 1 aromatic heterocycles. The molecule has 0 aliphatic heterocycles. The van der Waals surface area contributed by atoms with Crippen molar-refractivity contribution in [2.45, 2.75) is 0 Å². The van der Waals surface area contributed by atoms with Crippen LogP contribution in [0.25, 0.3) is 107 Å². The van der Waals surface area contributed by atoms with Crippen LogP contribution in [-0.4, -0.2) is 0 Å². The summed E-state index contributed by atoms with van der Waals surface area (Å²) in [7, 11) is 0. The molecule has 45 heavy (non-hydrogen) atoms. The number of fused-ring (bicyclic) bond motifs is 3. The Morgan fingerprint density at radius 3 is 1.09 bits per heavy atom. The van der Waals surface area contributed by atoms with Crippen LogP contribution in [0.2, 0.25) is 0 Å². The van der Waals surface area contributed by atoms with Gasteiger partial charge in [0.2, 0.25) is 0 Å². The molecule has 0 fully saturated rings. The SMILES string of the molecule is c1cc2ccc3ccc(-c4ccc5c(c4)sc4cc(-c6ccc7ccc8cccc9ccc6c7c89)ccc45)c4ccc(c1)c2c34. The Bertz CT molecular complexity index is 2740. The quantitative estimate of drug-likeness (QED) is 0.177. The van der Waals surface area contributed by atoms with E-state index in [2.05, 4.69) is 146 Å². The number of hydrogen-bond acceptors (Lipinski definition) is 1. The minimum atomic E-state index is 1.28. The molecule has 0 unspecified atom stereocenters. The van der Waals surface area contributed by atoms with Crippen LogP contribution in [0.4, 0.5) is 0 Å². The Morgan fingerprint density at radius 2 is 0.644 bits per heavy atom. The molecule has 0 saturated carbocycles. The van der Waals surface area contributed by atoms with Gasteiger partial charge in [-0.05, 0) is 99.0 Å². The standard InChI is InChI=1S/C44H24S/c1-3-25-7-9-29-11-17-33(37-21-13-27(5-1)41(25)43(29)37)31-15-19-35-36-20-16-32(24-40(36)45-39(35)23-31)34-18-12-30-10-8-26-4-2-6-28-14-22-38(34)44(30)42(26)28/h1-24H. The summed E-state index contributed by atoms with van der Waals surface area (Å²) in [5.41, 5.74) is 5.15. The van der Waals surface area contributed by atoms with E-state index in [0.29, 0.717) is 0 Å². The van der Waals surface area contributed by atoms with Gasteiger partial charge in [0.05, 0.1) is 0 Å². The zero-order chi connectivity index (χ0) is 29.2. The summed E-state index contributed by atoms with van der Waals surface area (Å²) in [6, 6.07) is 54.8. The highest BCUT2D eigenvalue weighted by Gasteiger charge is 2.16. The zero-order valence-corrected chi connectivity index (χ0v) is 25.1. The highest BCUT2D eigenvalue weighted by atomic mass is 32.1. The zero-order valence-electron chi connectivity index (χ0n) is 24.3. The van der Waals surface area contributed by atoms with Crippen LogP contribution >= 0.6 is 11.3 Å². The van der Waals surface area contributed by atoms with Gasteiger partial charge in [-0.1, -0.05) is 133 Å². The molecule has 0 nitrogen and oxygen atoms in total. The smallest absolute Gasteiger partial charge is 0.0361 e. The number of hydrogen-bond donors (Lipinski definition) is 0. The van der Waals surface area contributed by atoms with Crippen molar-refractivity contribution in [2.75, 3.05) is 0 Å². The summed E-state index contributed by atoms with van der Waals surface area (Å²) >= 11 is 1.91. The molecule has 0 saturated heterocycles. The van der Waals surface area contributed by atoms with Crippen LogP contribution in [0.5, 0.6) is 0 Å². The van der Waals surface area contributed by atoms with Gasteiger partial charge in [0.25, 0.3) is 0 Å². The first-order chi connectivity index (χ1) is 22.3. The Hall–Kier alpha value is -5.50. The molecule has 11 rings (SSSR count). The predicted octanol–water partition coefficient (Wildman–Crippen LogP) is 13.2. The molecule has 0 spiro atoms. The van der Waals surface area contributed by atoms with Gasteiger partial charge in [-0.2, -0.15) is 0 Å². The molecule has 206 valence electrons. The van der Waals surface area contributed by atoms with Crippen LogP contribution in [-0.2, 0) is 0 Å². The van der Waals surface area contributed by atoms with Crippen molar-refractivity contribution >= 4 is 96.1 Å². The fourth-order valence-electron chi connectivity index (χ4n) is 8.09. The van der Waals surface area contributed by atoms with Crippen molar-refractivity contribution in [3.63, 3.8) is 0 Å². The van der Waals surface area contributed by atoms with E-state index in [0.717, 1.165) is 0 Å². The van der Waals surface area contributed by atoms with Gasteiger partial charge in [0.1, 0.15) is 0 Å². The van der Waals surface area contributed by atoms with E-state index < -0.39 is 0 Å². The Morgan fingerprint density at radius 1 is 0.289 bits per heavy atom. The molecule has 0 atom stereocenters. The maximum atomic E-state index is 2.40. The third-order valence-electron chi connectivity index (χ3n) is 10.2. The van der Waals surface area contributed by atoms with E-state index in [1.807, 2.05) is 11.3 Å². The Labute approximate surface area is 263 Å². The normalized spacial score (nSPS) is 12.4. The Kier molecular flexibility index (Phi) is 4.55. The molecule has 1 heteroatoms. The summed E-state index contributed by atoms with van der Waals surface area (Å²) in [4.78, 5) is 0. The van der Waals surface area contributed by atoms with E-state index in [1.54, 1.807) is 0 Å². The van der Waals surface area contributed by atoms with Crippen LogP contribution in [0, 0.1) is 0 Å². The van der Waals surface area contributed by atoms with Crippen molar-refractivity contribution in [2.24, 2.45) is 0 Å².